The lowest BCUT2D eigenvalue weighted by Crippen LogP contribution is -2.49. The molecule has 0 radical (unpaired) electrons. The van der Waals surface area contributed by atoms with Gasteiger partial charge in [0.1, 0.15) is 0 Å². The summed E-state index contributed by atoms with van der Waals surface area (Å²) in [6.45, 7) is 7.43. The van der Waals surface area contributed by atoms with Crippen molar-refractivity contribution < 1.29 is 31.2 Å². The smallest absolute Gasteiger partial charge is 0.336 e. The van der Waals surface area contributed by atoms with E-state index in [1.54, 1.807) is 20.8 Å². The van der Waals surface area contributed by atoms with E-state index < -0.39 is 56.7 Å². The number of sulfone groups is 1. The first-order valence-electron chi connectivity index (χ1n) is 8.32. The molecule has 0 saturated heterocycles. The molecule has 0 aromatic rings. The predicted molar refractivity (Wildman–Crippen MR) is 96.5 cm³/mol. The van der Waals surface area contributed by atoms with Gasteiger partial charge < -0.3 is 10.7 Å². The van der Waals surface area contributed by atoms with Gasteiger partial charge in [0.25, 0.3) is 0 Å². The molecule has 0 atom stereocenters. The summed E-state index contributed by atoms with van der Waals surface area (Å²) in [7, 11) is -3.91. The van der Waals surface area contributed by atoms with Crippen molar-refractivity contribution in [3.8, 4) is 0 Å². The fourth-order valence-electron chi connectivity index (χ4n) is 1.78. The Kier molecular flexibility index (Phi) is 8.48. The maximum atomic E-state index is 12.2. The number of carbonyl (C=O) groups is 2. The minimum Gasteiger partial charge on any atom is -0.336 e. The SMILES string of the molecule is CC(C)(C)C(=N)CC(=O)NC(=O)NCC(C)(C)S(=O)(=O)CCCC(F)(F)F. The Bertz CT molecular complexity index is 665. The summed E-state index contributed by atoms with van der Waals surface area (Å²) in [5, 5.41) is 12.0. The molecule has 0 saturated carbocycles. The van der Waals surface area contributed by atoms with Crippen LogP contribution in [0.1, 0.15) is 53.9 Å². The van der Waals surface area contributed by atoms with Crippen molar-refractivity contribution in [2.24, 2.45) is 5.41 Å². The Morgan fingerprint density at radius 2 is 1.56 bits per heavy atom. The molecular weight excluding hydrogens is 387 g/mol. The first-order valence-corrected chi connectivity index (χ1v) is 9.97. The Labute approximate surface area is 157 Å². The van der Waals surface area contributed by atoms with Gasteiger partial charge in [-0.25, -0.2) is 13.2 Å². The molecule has 0 aromatic carbocycles. The summed E-state index contributed by atoms with van der Waals surface area (Å²) in [6.07, 6.45) is -6.48. The highest BCUT2D eigenvalue weighted by atomic mass is 32.2. The van der Waals surface area contributed by atoms with Gasteiger partial charge in [-0.15, -0.1) is 0 Å². The zero-order valence-corrected chi connectivity index (χ0v) is 17.0. The molecule has 0 fully saturated rings. The Morgan fingerprint density at radius 1 is 1.04 bits per heavy atom. The second kappa shape index (κ2) is 9.03. The van der Waals surface area contributed by atoms with Gasteiger partial charge in [0.05, 0.1) is 16.9 Å². The van der Waals surface area contributed by atoms with Gasteiger partial charge in [-0.1, -0.05) is 20.8 Å². The van der Waals surface area contributed by atoms with Crippen LogP contribution in [0.4, 0.5) is 18.0 Å². The quantitative estimate of drug-likeness (QED) is 0.529. The minimum absolute atomic E-state index is 0.125. The highest BCUT2D eigenvalue weighted by Gasteiger charge is 2.36. The number of amides is 3. The van der Waals surface area contributed by atoms with Gasteiger partial charge >= 0.3 is 12.2 Å². The van der Waals surface area contributed by atoms with Crippen molar-refractivity contribution in [3.63, 3.8) is 0 Å². The number of nitrogens with one attached hydrogen (secondary N) is 3. The Morgan fingerprint density at radius 3 is 2.00 bits per heavy atom. The molecule has 27 heavy (non-hydrogen) atoms. The van der Waals surface area contributed by atoms with Crippen molar-refractivity contribution in [1.29, 1.82) is 5.41 Å². The summed E-state index contributed by atoms with van der Waals surface area (Å²) in [5.41, 5.74) is -0.402. The lowest BCUT2D eigenvalue weighted by molar-refractivity contribution is -0.134. The van der Waals surface area contributed by atoms with Crippen LogP contribution in [-0.4, -0.2) is 49.3 Å². The molecule has 7 nitrogen and oxygen atoms in total. The number of halogens is 3. The fourth-order valence-corrected chi connectivity index (χ4v) is 3.15. The first-order chi connectivity index (χ1) is 11.9. The van der Waals surface area contributed by atoms with Gasteiger partial charge in [0, 0.05) is 24.1 Å². The summed E-state index contributed by atoms with van der Waals surface area (Å²) in [5.74, 6) is -1.37. The molecule has 11 heteroatoms. The monoisotopic (exact) mass is 415 g/mol. The second-order valence-electron chi connectivity index (χ2n) is 7.93. The molecule has 0 spiro atoms. The number of carbonyl (C=O) groups excluding carboxylic acids is 2. The van der Waals surface area contributed by atoms with Crippen LogP contribution < -0.4 is 10.6 Å². The van der Waals surface area contributed by atoms with Gasteiger partial charge in [-0.3, -0.25) is 10.1 Å². The molecule has 0 aromatic heterocycles. The lowest BCUT2D eigenvalue weighted by atomic mass is 9.88. The third-order valence-corrected chi connectivity index (χ3v) is 6.54. The topological polar surface area (TPSA) is 116 Å². The molecule has 3 N–H and O–H groups in total. The number of hydrogen-bond acceptors (Lipinski definition) is 5. The maximum absolute atomic E-state index is 12.2. The number of rotatable bonds is 8. The van der Waals surface area contributed by atoms with Gasteiger partial charge in [-0.2, -0.15) is 13.2 Å². The van der Waals surface area contributed by atoms with E-state index in [4.69, 9.17) is 5.41 Å². The fraction of sp³-hybridized carbons (Fsp3) is 0.812. The normalized spacial score (nSPS) is 13.2. The lowest BCUT2D eigenvalue weighted by Gasteiger charge is -2.25. The van der Waals surface area contributed by atoms with Crippen LogP contribution in [0.15, 0.2) is 0 Å². The average molecular weight is 415 g/mol. The van der Waals surface area contributed by atoms with Crippen molar-refractivity contribution in [3.05, 3.63) is 0 Å². The van der Waals surface area contributed by atoms with E-state index in [9.17, 15) is 31.2 Å². The standard InChI is InChI=1S/C16H28F3N3O4S/c1-14(2,3)11(20)9-12(23)22-13(24)21-10-15(4,5)27(25,26)8-6-7-16(17,18)19/h20H,6-10H2,1-5H3,(H2,21,22,23,24). The van der Waals surface area contributed by atoms with E-state index in [1.807, 2.05) is 5.32 Å². The van der Waals surface area contributed by atoms with Gasteiger partial charge in [0.15, 0.2) is 9.84 Å². The Hall–Kier alpha value is -1.65. The summed E-state index contributed by atoms with van der Waals surface area (Å²) in [6, 6.07) is -0.930. The van der Waals surface area contributed by atoms with Crippen LogP contribution in [0.5, 0.6) is 0 Å². The summed E-state index contributed by atoms with van der Waals surface area (Å²) < 4.78 is 59.4. The molecule has 0 unspecified atom stereocenters. The first kappa shape index (κ1) is 25.4. The maximum Gasteiger partial charge on any atom is 0.389 e. The van der Waals surface area contributed by atoms with Crippen LogP contribution in [0, 0.1) is 10.8 Å². The van der Waals surface area contributed by atoms with Crippen LogP contribution in [0.25, 0.3) is 0 Å². The molecule has 0 aliphatic rings. The van der Waals surface area contributed by atoms with E-state index in [-0.39, 0.29) is 18.7 Å². The van der Waals surface area contributed by atoms with Gasteiger partial charge in [0.2, 0.25) is 5.91 Å². The molecule has 3 amide bonds. The van der Waals surface area contributed by atoms with Crippen molar-refractivity contribution in [2.45, 2.75) is 64.8 Å². The number of alkyl halides is 3. The number of hydrogen-bond donors (Lipinski definition) is 3. The molecule has 0 bridgehead atoms. The zero-order chi connectivity index (χ0) is 21.7. The van der Waals surface area contributed by atoms with E-state index in [1.165, 1.54) is 13.8 Å². The molecule has 158 valence electrons. The van der Waals surface area contributed by atoms with Crippen LogP contribution in [-0.2, 0) is 14.6 Å². The summed E-state index contributed by atoms with van der Waals surface area (Å²) >= 11 is 0. The van der Waals surface area contributed by atoms with Gasteiger partial charge in [-0.05, 0) is 20.3 Å². The van der Waals surface area contributed by atoms with E-state index in [0.29, 0.717) is 0 Å². The second-order valence-corrected chi connectivity index (χ2v) is 10.7. The van der Waals surface area contributed by atoms with Crippen molar-refractivity contribution in [1.82, 2.24) is 10.6 Å². The van der Waals surface area contributed by atoms with Crippen LogP contribution in [0.3, 0.4) is 0 Å². The molecule has 0 heterocycles. The van der Waals surface area contributed by atoms with E-state index in [2.05, 4.69) is 5.32 Å². The average Bonchev–Trinajstić information content (AvgIpc) is 2.42. The number of urea groups is 1. The summed E-state index contributed by atoms with van der Waals surface area (Å²) in [4.78, 5) is 23.5. The molecule has 0 aliphatic heterocycles. The molecule has 0 rings (SSSR count). The predicted octanol–water partition coefficient (Wildman–Crippen LogP) is 2.80. The zero-order valence-electron chi connectivity index (χ0n) is 16.2. The van der Waals surface area contributed by atoms with Crippen molar-refractivity contribution >= 4 is 27.5 Å². The highest BCUT2D eigenvalue weighted by molar-refractivity contribution is 7.92. The Balaban J connectivity index is 4.60. The van der Waals surface area contributed by atoms with Crippen LogP contribution >= 0.6 is 0 Å². The number of imide groups is 1. The third-order valence-electron chi connectivity index (χ3n) is 3.89. The minimum atomic E-state index is -4.43. The highest BCUT2D eigenvalue weighted by Crippen LogP contribution is 2.24. The van der Waals surface area contributed by atoms with Crippen LogP contribution in [0.2, 0.25) is 0 Å². The third kappa shape index (κ3) is 9.73. The van der Waals surface area contributed by atoms with E-state index in [0.717, 1.165) is 0 Å². The van der Waals surface area contributed by atoms with Crippen molar-refractivity contribution in [2.75, 3.05) is 12.3 Å². The molecule has 0 aliphatic carbocycles. The van der Waals surface area contributed by atoms with E-state index >= 15 is 0 Å². The molecular formula is C16H28F3N3O4S. The largest absolute Gasteiger partial charge is 0.389 e.